The van der Waals surface area contributed by atoms with E-state index >= 15 is 0 Å². The van der Waals surface area contributed by atoms with Crippen LogP contribution in [0.3, 0.4) is 0 Å². The van der Waals surface area contributed by atoms with Crippen LogP contribution in [0.25, 0.3) is 0 Å². The standard InChI is InChI=1S/C13H20FNO2S/c1-10(2)11(3)18(16,17)9-8-15-13-7-5-4-6-12(13)14/h4-7,10-11,15H,8-9H2,1-3H3. The van der Waals surface area contributed by atoms with Gasteiger partial charge in [0, 0.05) is 6.54 Å². The summed E-state index contributed by atoms with van der Waals surface area (Å²) in [6.45, 7) is 5.70. The first kappa shape index (κ1) is 15.0. The maximum Gasteiger partial charge on any atom is 0.154 e. The lowest BCUT2D eigenvalue weighted by Gasteiger charge is -2.16. The molecule has 0 spiro atoms. The SMILES string of the molecule is CC(C)C(C)S(=O)(=O)CCNc1ccccc1F. The fourth-order valence-corrected chi connectivity index (χ4v) is 3.12. The largest absolute Gasteiger partial charge is 0.382 e. The molecule has 0 bridgehead atoms. The Morgan fingerprint density at radius 2 is 1.83 bits per heavy atom. The van der Waals surface area contributed by atoms with Gasteiger partial charge in [0.05, 0.1) is 16.7 Å². The minimum Gasteiger partial charge on any atom is -0.382 e. The molecule has 1 aromatic carbocycles. The van der Waals surface area contributed by atoms with Gasteiger partial charge in [0.25, 0.3) is 0 Å². The number of anilines is 1. The van der Waals surface area contributed by atoms with Crippen LogP contribution in [0.15, 0.2) is 24.3 Å². The third kappa shape index (κ3) is 3.98. The molecule has 0 aliphatic rings. The van der Waals surface area contributed by atoms with E-state index in [0.29, 0.717) is 5.69 Å². The highest BCUT2D eigenvalue weighted by molar-refractivity contribution is 7.92. The van der Waals surface area contributed by atoms with E-state index in [0.717, 1.165) is 0 Å². The summed E-state index contributed by atoms with van der Waals surface area (Å²) >= 11 is 0. The van der Waals surface area contributed by atoms with Gasteiger partial charge in [0.15, 0.2) is 9.84 Å². The van der Waals surface area contributed by atoms with Crippen LogP contribution in [-0.4, -0.2) is 26.0 Å². The summed E-state index contributed by atoms with van der Waals surface area (Å²) in [6.07, 6.45) is 0. The van der Waals surface area contributed by atoms with Crippen LogP contribution < -0.4 is 5.32 Å². The average Bonchev–Trinajstić information content (AvgIpc) is 2.30. The Balaban J connectivity index is 2.55. The number of hydrogen-bond acceptors (Lipinski definition) is 3. The summed E-state index contributed by atoms with van der Waals surface area (Å²) in [5.41, 5.74) is 0.338. The normalized spacial score (nSPS) is 13.6. The monoisotopic (exact) mass is 273 g/mol. The van der Waals surface area contributed by atoms with Crippen molar-refractivity contribution >= 4 is 15.5 Å². The molecule has 1 unspecified atom stereocenters. The second kappa shape index (κ2) is 6.18. The zero-order valence-electron chi connectivity index (χ0n) is 11.0. The average molecular weight is 273 g/mol. The zero-order chi connectivity index (χ0) is 13.8. The topological polar surface area (TPSA) is 46.2 Å². The molecule has 0 heterocycles. The zero-order valence-corrected chi connectivity index (χ0v) is 11.8. The molecule has 102 valence electrons. The maximum atomic E-state index is 13.3. The molecule has 0 aliphatic carbocycles. The van der Waals surface area contributed by atoms with Gasteiger partial charge >= 0.3 is 0 Å². The second-order valence-electron chi connectivity index (χ2n) is 4.72. The van der Waals surface area contributed by atoms with Crippen molar-refractivity contribution in [2.75, 3.05) is 17.6 Å². The van der Waals surface area contributed by atoms with Gasteiger partial charge in [-0.05, 0) is 25.0 Å². The first-order valence-electron chi connectivity index (χ1n) is 6.04. The Morgan fingerprint density at radius 1 is 1.22 bits per heavy atom. The van der Waals surface area contributed by atoms with Gasteiger partial charge in [0.1, 0.15) is 5.82 Å². The lowest BCUT2D eigenvalue weighted by molar-refractivity contribution is 0.546. The van der Waals surface area contributed by atoms with Gasteiger partial charge in [-0.2, -0.15) is 0 Å². The third-order valence-corrected chi connectivity index (χ3v) is 5.53. The highest BCUT2D eigenvalue weighted by atomic mass is 32.2. The minimum atomic E-state index is -3.13. The van der Waals surface area contributed by atoms with Crippen LogP contribution in [0.5, 0.6) is 0 Å². The Hall–Kier alpha value is -1.10. The number of halogens is 1. The maximum absolute atomic E-state index is 13.3. The van der Waals surface area contributed by atoms with E-state index in [4.69, 9.17) is 0 Å². The Morgan fingerprint density at radius 3 is 2.39 bits per heavy atom. The van der Waals surface area contributed by atoms with Crippen molar-refractivity contribution < 1.29 is 12.8 Å². The Labute approximate surface area is 108 Å². The quantitative estimate of drug-likeness (QED) is 0.867. The summed E-state index contributed by atoms with van der Waals surface area (Å²) in [5.74, 6) is -0.268. The molecule has 0 saturated carbocycles. The predicted molar refractivity (Wildman–Crippen MR) is 73.0 cm³/mol. The number of benzene rings is 1. The van der Waals surface area contributed by atoms with Crippen LogP contribution in [0.1, 0.15) is 20.8 Å². The van der Waals surface area contributed by atoms with Crippen molar-refractivity contribution in [2.45, 2.75) is 26.0 Å². The van der Waals surface area contributed by atoms with Gasteiger partial charge in [-0.25, -0.2) is 12.8 Å². The predicted octanol–water partition coefficient (Wildman–Crippen LogP) is 2.70. The molecule has 18 heavy (non-hydrogen) atoms. The van der Waals surface area contributed by atoms with Crippen molar-refractivity contribution in [3.63, 3.8) is 0 Å². The number of nitrogens with one attached hydrogen (secondary N) is 1. The smallest absolute Gasteiger partial charge is 0.154 e. The molecular formula is C13H20FNO2S. The summed E-state index contributed by atoms with van der Waals surface area (Å²) < 4.78 is 37.1. The fraction of sp³-hybridized carbons (Fsp3) is 0.538. The first-order chi connectivity index (χ1) is 8.34. The van der Waals surface area contributed by atoms with E-state index in [1.165, 1.54) is 6.07 Å². The van der Waals surface area contributed by atoms with E-state index in [1.54, 1.807) is 25.1 Å². The van der Waals surface area contributed by atoms with Crippen LogP contribution in [0.4, 0.5) is 10.1 Å². The van der Waals surface area contributed by atoms with Crippen molar-refractivity contribution in [2.24, 2.45) is 5.92 Å². The lowest BCUT2D eigenvalue weighted by atomic mass is 10.2. The second-order valence-corrected chi connectivity index (χ2v) is 7.20. The molecule has 0 fully saturated rings. The molecule has 0 aromatic heterocycles. The molecule has 0 amide bonds. The number of hydrogen-bond donors (Lipinski definition) is 1. The molecule has 5 heteroatoms. The van der Waals surface area contributed by atoms with Crippen molar-refractivity contribution in [3.05, 3.63) is 30.1 Å². The van der Waals surface area contributed by atoms with Gasteiger partial charge in [-0.3, -0.25) is 0 Å². The third-order valence-electron chi connectivity index (χ3n) is 3.08. The van der Waals surface area contributed by atoms with E-state index in [2.05, 4.69) is 5.32 Å². The number of sulfone groups is 1. The highest BCUT2D eigenvalue weighted by Crippen LogP contribution is 2.14. The molecule has 1 atom stereocenters. The Bertz CT molecular complexity index is 486. The van der Waals surface area contributed by atoms with Gasteiger partial charge in [-0.1, -0.05) is 26.0 Å². The fourth-order valence-electron chi connectivity index (χ4n) is 1.53. The van der Waals surface area contributed by atoms with Gasteiger partial charge < -0.3 is 5.32 Å². The van der Waals surface area contributed by atoms with Gasteiger partial charge in [-0.15, -0.1) is 0 Å². The van der Waals surface area contributed by atoms with E-state index < -0.39 is 9.84 Å². The summed E-state index contributed by atoms with van der Waals surface area (Å²) in [4.78, 5) is 0. The number of rotatable bonds is 6. The lowest BCUT2D eigenvalue weighted by Crippen LogP contribution is -2.29. The highest BCUT2D eigenvalue weighted by Gasteiger charge is 2.23. The van der Waals surface area contributed by atoms with E-state index in [9.17, 15) is 12.8 Å². The first-order valence-corrected chi connectivity index (χ1v) is 7.76. The van der Waals surface area contributed by atoms with E-state index in [-0.39, 0.29) is 29.3 Å². The summed E-state index contributed by atoms with van der Waals surface area (Å²) in [5, 5.41) is 2.43. The molecule has 1 N–H and O–H groups in total. The molecule has 0 saturated heterocycles. The molecule has 1 rings (SSSR count). The molecule has 0 aliphatic heterocycles. The Kier molecular flexibility index (Phi) is 5.14. The minimum absolute atomic E-state index is 0.0146. The summed E-state index contributed by atoms with van der Waals surface area (Å²) in [7, 11) is -3.13. The summed E-state index contributed by atoms with van der Waals surface area (Å²) in [6, 6.07) is 6.23. The van der Waals surface area contributed by atoms with Gasteiger partial charge in [0.2, 0.25) is 0 Å². The van der Waals surface area contributed by atoms with Crippen LogP contribution in [0.2, 0.25) is 0 Å². The van der Waals surface area contributed by atoms with Crippen LogP contribution >= 0.6 is 0 Å². The molecule has 0 radical (unpaired) electrons. The molecular weight excluding hydrogens is 253 g/mol. The van der Waals surface area contributed by atoms with Crippen molar-refractivity contribution in [1.29, 1.82) is 0 Å². The van der Waals surface area contributed by atoms with Crippen LogP contribution in [-0.2, 0) is 9.84 Å². The van der Waals surface area contributed by atoms with Crippen LogP contribution in [0, 0.1) is 11.7 Å². The number of para-hydroxylation sites is 1. The van der Waals surface area contributed by atoms with Crippen molar-refractivity contribution in [1.82, 2.24) is 0 Å². The van der Waals surface area contributed by atoms with Crippen molar-refractivity contribution in [3.8, 4) is 0 Å². The molecule has 1 aromatic rings. The molecule has 3 nitrogen and oxygen atoms in total. The van der Waals surface area contributed by atoms with E-state index in [1.807, 2.05) is 13.8 Å².